The molecule has 0 spiro atoms. The molecule has 1 saturated carbocycles. The summed E-state index contributed by atoms with van der Waals surface area (Å²) in [5.74, 6) is 1.71. The monoisotopic (exact) mass is 262 g/mol. The number of Topliss-reactive ketones (excluding diaryl/α,β-unsaturated/α-hetero) is 1. The van der Waals surface area contributed by atoms with Crippen LogP contribution < -0.4 is 11.1 Å². The van der Waals surface area contributed by atoms with Crippen LogP contribution >= 0.6 is 0 Å². The average molecular weight is 262 g/mol. The van der Waals surface area contributed by atoms with E-state index < -0.39 is 0 Å². The second kappa shape index (κ2) is 4.75. The Balaban J connectivity index is 1.72. The van der Waals surface area contributed by atoms with Gasteiger partial charge in [-0.15, -0.1) is 0 Å². The molecule has 1 fully saturated rings. The molecule has 100 valence electrons. The van der Waals surface area contributed by atoms with Gasteiger partial charge in [-0.25, -0.2) is 4.63 Å². The summed E-state index contributed by atoms with van der Waals surface area (Å²) in [4.78, 5) is 11.8. The van der Waals surface area contributed by atoms with E-state index in [-0.39, 0.29) is 23.6 Å². The summed E-state index contributed by atoms with van der Waals surface area (Å²) in [6.45, 7) is 0. The number of anilines is 2. The summed E-state index contributed by atoms with van der Waals surface area (Å²) in [6.07, 6.45) is 3.36. The lowest BCUT2D eigenvalue weighted by molar-refractivity contribution is -0.121. The highest BCUT2D eigenvalue weighted by Gasteiger charge is 2.30. The minimum Gasteiger partial charge on any atom is -0.469 e. The van der Waals surface area contributed by atoms with Gasteiger partial charge < -0.3 is 15.5 Å². The van der Waals surface area contributed by atoms with Gasteiger partial charge in [-0.05, 0) is 28.9 Å². The molecule has 0 amide bonds. The summed E-state index contributed by atoms with van der Waals surface area (Å²) >= 11 is 0. The topological polar surface area (TPSA) is 107 Å². The standard InChI is InChI=1S/C12H14N4O3/c13-11-12(16-19-15-11)14-8-4-7(5-9(17)6-8)10-2-1-3-18-10/h1-3,7-8H,4-6H2,(H2,13,15)(H,14,16). The summed E-state index contributed by atoms with van der Waals surface area (Å²) in [5, 5.41) is 10.3. The van der Waals surface area contributed by atoms with Crippen LogP contribution in [0.3, 0.4) is 0 Å². The van der Waals surface area contributed by atoms with Gasteiger partial charge in [0.25, 0.3) is 0 Å². The maximum absolute atomic E-state index is 11.8. The average Bonchev–Trinajstić information content (AvgIpc) is 3.01. The maximum Gasteiger partial charge on any atom is 0.215 e. The smallest absolute Gasteiger partial charge is 0.215 e. The van der Waals surface area contributed by atoms with Crippen molar-refractivity contribution >= 4 is 17.4 Å². The van der Waals surface area contributed by atoms with Crippen LogP contribution in [0.2, 0.25) is 0 Å². The van der Waals surface area contributed by atoms with Crippen molar-refractivity contribution in [3.05, 3.63) is 24.2 Å². The highest BCUT2D eigenvalue weighted by atomic mass is 16.6. The number of carbonyl (C=O) groups is 1. The van der Waals surface area contributed by atoms with Crippen LogP contribution in [0.25, 0.3) is 0 Å². The third-order valence-electron chi connectivity index (χ3n) is 3.32. The minimum atomic E-state index is -0.0365. The Morgan fingerprint density at radius 3 is 2.95 bits per heavy atom. The first-order chi connectivity index (χ1) is 9.22. The number of nitrogen functional groups attached to an aromatic ring is 1. The number of nitrogens with zero attached hydrogens (tertiary/aromatic N) is 2. The van der Waals surface area contributed by atoms with Crippen LogP contribution in [0, 0.1) is 0 Å². The van der Waals surface area contributed by atoms with Gasteiger partial charge in [0, 0.05) is 24.8 Å². The van der Waals surface area contributed by atoms with Gasteiger partial charge in [-0.1, -0.05) is 0 Å². The summed E-state index contributed by atoms with van der Waals surface area (Å²) in [5.41, 5.74) is 5.59. The Morgan fingerprint density at radius 1 is 1.37 bits per heavy atom. The Labute approximate surface area is 109 Å². The van der Waals surface area contributed by atoms with Crippen LogP contribution in [-0.2, 0) is 4.79 Å². The number of nitrogens with two attached hydrogens (primary N) is 1. The van der Waals surface area contributed by atoms with E-state index in [1.165, 1.54) is 0 Å². The normalized spacial score (nSPS) is 23.5. The van der Waals surface area contributed by atoms with Crippen LogP contribution in [0.4, 0.5) is 11.6 Å². The zero-order valence-electron chi connectivity index (χ0n) is 10.2. The van der Waals surface area contributed by atoms with Crippen molar-refractivity contribution in [1.29, 1.82) is 0 Å². The van der Waals surface area contributed by atoms with Gasteiger partial charge in [0.05, 0.1) is 6.26 Å². The molecule has 7 nitrogen and oxygen atoms in total. The maximum atomic E-state index is 11.8. The number of ketones is 1. The highest BCUT2D eigenvalue weighted by Crippen LogP contribution is 2.33. The number of nitrogens with one attached hydrogen (secondary N) is 1. The molecule has 3 N–H and O–H groups in total. The van der Waals surface area contributed by atoms with Gasteiger partial charge in [0.1, 0.15) is 11.5 Å². The number of aromatic nitrogens is 2. The largest absolute Gasteiger partial charge is 0.469 e. The van der Waals surface area contributed by atoms with Gasteiger partial charge in [-0.3, -0.25) is 4.79 Å². The quantitative estimate of drug-likeness (QED) is 0.864. The first-order valence-electron chi connectivity index (χ1n) is 6.12. The third kappa shape index (κ3) is 2.44. The van der Waals surface area contributed by atoms with Crippen molar-refractivity contribution in [3.63, 3.8) is 0 Å². The lowest BCUT2D eigenvalue weighted by atomic mass is 9.83. The fourth-order valence-electron chi connectivity index (χ4n) is 2.48. The first-order valence-corrected chi connectivity index (χ1v) is 6.12. The van der Waals surface area contributed by atoms with Gasteiger partial charge in [0.2, 0.25) is 11.6 Å². The number of carbonyl (C=O) groups excluding carboxylic acids is 1. The van der Waals surface area contributed by atoms with E-state index in [2.05, 4.69) is 20.3 Å². The molecule has 2 atom stereocenters. The van der Waals surface area contributed by atoms with Crippen molar-refractivity contribution in [2.45, 2.75) is 31.2 Å². The van der Waals surface area contributed by atoms with Gasteiger partial charge in [0.15, 0.2) is 0 Å². The molecule has 0 bridgehead atoms. The fraction of sp³-hybridized carbons (Fsp3) is 0.417. The molecule has 2 aromatic heterocycles. The van der Waals surface area contributed by atoms with E-state index >= 15 is 0 Å². The number of hydrogen-bond acceptors (Lipinski definition) is 7. The number of rotatable bonds is 3. The predicted octanol–water partition coefficient (Wildman–Crippen LogP) is 1.56. The molecule has 19 heavy (non-hydrogen) atoms. The number of hydrogen-bond donors (Lipinski definition) is 2. The summed E-state index contributed by atoms with van der Waals surface area (Å²) in [6, 6.07) is 3.69. The molecule has 0 radical (unpaired) electrons. The SMILES string of the molecule is Nc1nonc1NC1CC(=O)CC(c2ccco2)C1. The second-order valence-electron chi connectivity index (χ2n) is 4.73. The van der Waals surface area contributed by atoms with Crippen LogP contribution in [0.5, 0.6) is 0 Å². The Morgan fingerprint density at radius 2 is 2.26 bits per heavy atom. The molecule has 7 heteroatoms. The predicted molar refractivity (Wildman–Crippen MR) is 66.4 cm³/mol. The molecule has 0 aromatic carbocycles. The van der Waals surface area contributed by atoms with Crippen molar-refractivity contribution in [1.82, 2.24) is 10.3 Å². The molecule has 0 saturated heterocycles. The van der Waals surface area contributed by atoms with E-state index in [0.29, 0.717) is 18.7 Å². The molecular formula is C12H14N4O3. The lowest BCUT2D eigenvalue weighted by Crippen LogP contribution is -2.31. The van der Waals surface area contributed by atoms with E-state index in [9.17, 15) is 4.79 Å². The van der Waals surface area contributed by atoms with Gasteiger partial charge in [-0.2, -0.15) is 0 Å². The molecule has 3 rings (SSSR count). The van der Waals surface area contributed by atoms with Crippen LogP contribution in [0.1, 0.15) is 30.9 Å². The van der Waals surface area contributed by atoms with Crippen molar-refractivity contribution in [2.24, 2.45) is 0 Å². The van der Waals surface area contributed by atoms with E-state index in [1.807, 2.05) is 12.1 Å². The van der Waals surface area contributed by atoms with E-state index in [0.717, 1.165) is 12.2 Å². The lowest BCUT2D eigenvalue weighted by Gasteiger charge is -2.27. The summed E-state index contributed by atoms with van der Waals surface area (Å²) < 4.78 is 9.90. The van der Waals surface area contributed by atoms with Gasteiger partial charge >= 0.3 is 0 Å². The van der Waals surface area contributed by atoms with E-state index in [1.54, 1.807) is 6.26 Å². The summed E-state index contributed by atoms with van der Waals surface area (Å²) in [7, 11) is 0. The molecule has 1 aliphatic carbocycles. The molecule has 2 heterocycles. The van der Waals surface area contributed by atoms with Crippen molar-refractivity contribution in [2.75, 3.05) is 11.1 Å². The van der Waals surface area contributed by atoms with Crippen molar-refractivity contribution < 1.29 is 13.8 Å². The Bertz CT molecular complexity index is 563. The molecular weight excluding hydrogens is 248 g/mol. The first kappa shape index (κ1) is 11.8. The number of furan rings is 1. The van der Waals surface area contributed by atoms with Crippen LogP contribution in [-0.4, -0.2) is 22.1 Å². The van der Waals surface area contributed by atoms with Crippen molar-refractivity contribution in [3.8, 4) is 0 Å². The Kier molecular flexibility index (Phi) is 2.94. The minimum absolute atomic E-state index is 0.0365. The highest BCUT2D eigenvalue weighted by molar-refractivity contribution is 5.81. The zero-order chi connectivity index (χ0) is 13.2. The molecule has 1 aliphatic rings. The van der Waals surface area contributed by atoms with E-state index in [4.69, 9.17) is 10.2 Å². The molecule has 2 aromatic rings. The Hall–Kier alpha value is -2.31. The molecule has 2 unspecified atom stereocenters. The third-order valence-corrected chi connectivity index (χ3v) is 3.32. The zero-order valence-corrected chi connectivity index (χ0v) is 10.2. The van der Waals surface area contributed by atoms with Crippen LogP contribution in [0.15, 0.2) is 27.4 Å². The fourth-order valence-corrected chi connectivity index (χ4v) is 2.48. The molecule has 0 aliphatic heterocycles. The second-order valence-corrected chi connectivity index (χ2v) is 4.73.